The van der Waals surface area contributed by atoms with Crippen molar-refractivity contribution in [2.24, 2.45) is 0 Å². The monoisotopic (exact) mass is 522 g/mol. The van der Waals surface area contributed by atoms with Crippen LogP contribution in [0, 0.1) is 13.8 Å². The number of rotatable bonds is 6. The van der Waals surface area contributed by atoms with Gasteiger partial charge in [0.05, 0.1) is 8.00 Å². The van der Waals surface area contributed by atoms with Gasteiger partial charge in [-0.05, 0) is 106 Å². The topological polar surface area (TPSA) is 0 Å². The minimum atomic E-state index is 1.15. The number of thiophene rings is 2. The Hall–Kier alpha value is -1.85. The lowest BCUT2D eigenvalue weighted by molar-refractivity contribution is 1.39. The summed E-state index contributed by atoms with van der Waals surface area (Å²) in [6.45, 7) is 4.35. The van der Waals surface area contributed by atoms with E-state index in [1.54, 1.807) is 23.1 Å². The third-order valence-electron chi connectivity index (χ3n) is 5.03. The van der Waals surface area contributed by atoms with Crippen LogP contribution in [0.1, 0.15) is 32.0 Å². The molecule has 2 aromatic carbocycles. The molecular formula is C27H23BrS3. The van der Waals surface area contributed by atoms with Crippen molar-refractivity contribution >= 4 is 74.7 Å². The first kappa shape index (κ1) is 22.3. The fraction of sp³-hybridized carbons (Fsp3) is 0.111. The number of benzene rings is 2. The Labute approximate surface area is 205 Å². The molecule has 31 heavy (non-hydrogen) atoms. The molecule has 4 aromatic rings. The quantitative estimate of drug-likeness (QED) is 0.227. The van der Waals surface area contributed by atoms with Crippen LogP contribution in [0.2, 0.25) is 0 Å². The summed E-state index contributed by atoms with van der Waals surface area (Å²) in [5.74, 6) is 0. The minimum absolute atomic E-state index is 1.15. The Morgan fingerprint density at radius 2 is 1.52 bits per heavy atom. The Balaban J connectivity index is 1.74. The lowest BCUT2D eigenvalue weighted by Gasteiger charge is -2.12. The van der Waals surface area contributed by atoms with Gasteiger partial charge < -0.3 is 0 Å². The Morgan fingerprint density at radius 3 is 2.26 bits per heavy atom. The first-order chi connectivity index (χ1) is 15.0. The zero-order valence-corrected chi connectivity index (χ0v) is 21.7. The standard InChI is InChI=1S/C27H23BrS3/c1-18-4-5-19(2)24(16-18)25-17-20(7-10-22-12-14-26(28)30-22)6-8-21(25)9-11-23-13-15-27(29-3)31-23/h4-17H,1-3H3. The average molecular weight is 524 g/mol. The average Bonchev–Trinajstić information content (AvgIpc) is 3.41. The van der Waals surface area contributed by atoms with Crippen LogP contribution in [-0.2, 0) is 0 Å². The summed E-state index contributed by atoms with van der Waals surface area (Å²) in [4.78, 5) is 2.52. The Kier molecular flexibility index (Phi) is 7.34. The lowest BCUT2D eigenvalue weighted by Crippen LogP contribution is -1.89. The van der Waals surface area contributed by atoms with Crippen molar-refractivity contribution in [3.05, 3.63) is 96.5 Å². The van der Waals surface area contributed by atoms with Crippen LogP contribution < -0.4 is 0 Å². The first-order valence-electron chi connectivity index (χ1n) is 9.99. The zero-order valence-electron chi connectivity index (χ0n) is 17.7. The van der Waals surface area contributed by atoms with Gasteiger partial charge in [-0.3, -0.25) is 0 Å². The van der Waals surface area contributed by atoms with Crippen molar-refractivity contribution in [1.29, 1.82) is 0 Å². The highest BCUT2D eigenvalue weighted by Gasteiger charge is 2.08. The van der Waals surface area contributed by atoms with Crippen molar-refractivity contribution < 1.29 is 0 Å². The van der Waals surface area contributed by atoms with Gasteiger partial charge in [-0.2, -0.15) is 0 Å². The maximum absolute atomic E-state index is 3.54. The van der Waals surface area contributed by atoms with Gasteiger partial charge >= 0.3 is 0 Å². The van der Waals surface area contributed by atoms with Crippen LogP contribution in [0.15, 0.2) is 68.7 Å². The number of halogens is 1. The van der Waals surface area contributed by atoms with E-state index in [0.29, 0.717) is 0 Å². The SMILES string of the molecule is CSc1ccc(C=Cc2ccc(C=Cc3ccc(Br)s3)cc2-c2cc(C)ccc2C)s1. The normalized spacial score (nSPS) is 11.7. The second kappa shape index (κ2) is 10.2. The van der Waals surface area contributed by atoms with Crippen LogP contribution in [-0.4, -0.2) is 6.26 Å². The van der Waals surface area contributed by atoms with Gasteiger partial charge in [0.2, 0.25) is 0 Å². The molecule has 156 valence electrons. The van der Waals surface area contributed by atoms with Crippen LogP contribution in [0.4, 0.5) is 0 Å². The Morgan fingerprint density at radius 1 is 0.742 bits per heavy atom. The number of aryl methyl sites for hydroxylation is 2. The van der Waals surface area contributed by atoms with Crippen LogP contribution in [0.25, 0.3) is 35.4 Å². The molecule has 4 heteroatoms. The van der Waals surface area contributed by atoms with E-state index in [1.807, 2.05) is 11.3 Å². The largest absolute Gasteiger partial charge is 0.129 e. The molecule has 0 bridgehead atoms. The smallest absolute Gasteiger partial charge is 0.0704 e. The van der Waals surface area contributed by atoms with E-state index in [0.717, 1.165) is 3.79 Å². The van der Waals surface area contributed by atoms with E-state index in [2.05, 4.69) is 121 Å². The second-order valence-corrected chi connectivity index (χ2v) is 12.1. The van der Waals surface area contributed by atoms with Crippen LogP contribution >= 0.6 is 50.4 Å². The van der Waals surface area contributed by atoms with E-state index < -0.39 is 0 Å². The molecular weight excluding hydrogens is 500 g/mol. The van der Waals surface area contributed by atoms with Gasteiger partial charge in [-0.15, -0.1) is 34.4 Å². The predicted molar refractivity (Wildman–Crippen MR) is 147 cm³/mol. The number of hydrogen-bond donors (Lipinski definition) is 0. The highest BCUT2D eigenvalue weighted by molar-refractivity contribution is 9.11. The molecule has 0 radical (unpaired) electrons. The van der Waals surface area contributed by atoms with Crippen molar-refractivity contribution in [3.8, 4) is 11.1 Å². The molecule has 2 heterocycles. The highest BCUT2D eigenvalue weighted by Crippen LogP contribution is 2.32. The van der Waals surface area contributed by atoms with E-state index in [1.165, 1.54) is 47.3 Å². The summed E-state index contributed by atoms with van der Waals surface area (Å²) >= 11 is 8.92. The molecule has 0 atom stereocenters. The third-order valence-corrected chi connectivity index (χ3v) is 8.75. The lowest BCUT2D eigenvalue weighted by atomic mass is 9.92. The summed E-state index contributed by atoms with van der Waals surface area (Å²) in [6, 6.07) is 22.1. The molecule has 0 nitrogen and oxygen atoms in total. The molecule has 0 saturated heterocycles. The summed E-state index contributed by atoms with van der Waals surface area (Å²) in [5.41, 5.74) is 7.59. The molecule has 0 aliphatic heterocycles. The van der Waals surface area contributed by atoms with E-state index >= 15 is 0 Å². The number of hydrogen-bond acceptors (Lipinski definition) is 3. The van der Waals surface area contributed by atoms with Gasteiger partial charge in [-0.25, -0.2) is 0 Å². The fourth-order valence-electron chi connectivity index (χ4n) is 3.38. The van der Waals surface area contributed by atoms with E-state index in [-0.39, 0.29) is 0 Å². The molecule has 0 saturated carbocycles. The minimum Gasteiger partial charge on any atom is -0.129 e. The maximum atomic E-state index is 3.54. The van der Waals surface area contributed by atoms with Crippen LogP contribution in [0.3, 0.4) is 0 Å². The molecule has 4 rings (SSSR count). The molecule has 0 N–H and O–H groups in total. The van der Waals surface area contributed by atoms with Crippen molar-refractivity contribution in [2.75, 3.05) is 6.26 Å². The van der Waals surface area contributed by atoms with Crippen molar-refractivity contribution in [2.45, 2.75) is 18.1 Å². The summed E-state index contributed by atoms with van der Waals surface area (Å²) < 4.78 is 2.50. The molecule has 0 aliphatic carbocycles. The predicted octanol–water partition coefficient (Wildman–Crippen LogP) is 9.92. The fourth-order valence-corrected chi connectivity index (χ4v) is 6.18. The van der Waals surface area contributed by atoms with Crippen molar-refractivity contribution in [1.82, 2.24) is 0 Å². The van der Waals surface area contributed by atoms with Gasteiger partial charge in [0, 0.05) is 9.75 Å². The number of thioether (sulfide) groups is 1. The molecule has 0 spiro atoms. The molecule has 2 aromatic heterocycles. The van der Waals surface area contributed by atoms with E-state index in [9.17, 15) is 0 Å². The van der Waals surface area contributed by atoms with Gasteiger partial charge in [0.1, 0.15) is 0 Å². The first-order valence-corrected chi connectivity index (χ1v) is 13.6. The van der Waals surface area contributed by atoms with E-state index in [4.69, 9.17) is 0 Å². The molecule has 0 amide bonds. The summed E-state index contributed by atoms with van der Waals surface area (Å²) in [5, 5.41) is 0. The maximum Gasteiger partial charge on any atom is 0.0704 e. The summed E-state index contributed by atoms with van der Waals surface area (Å²) in [6.07, 6.45) is 11.0. The molecule has 0 aliphatic rings. The molecule has 0 fully saturated rings. The van der Waals surface area contributed by atoms with Gasteiger partial charge in [0.25, 0.3) is 0 Å². The van der Waals surface area contributed by atoms with Crippen molar-refractivity contribution in [3.63, 3.8) is 0 Å². The molecule has 0 unspecified atom stereocenters. The second-order valence-electron chi connectivity index (χ2n) is 7.33. The van der Waals surface area contributed by atoms with Crippen LogP contribution in [0.5, 0.6) is 0 Å². The summed E-state index contributed by atoms with van der Waals surface area (Å²) in [7, 11) is 0. The van der Waals surface area contributed by atoms with Gasteiger partial charge in [-0.1, -0.05) is 48.0 Å². The zero-order chi connectivity index (χ0) is 21.8. The highest BCUT2D eigenvalue weighted by atomic mass is 79.9. The van der Waals surface area contributed by atoms with Gasteiger partial charge in [0.15, 0.2) is 0 Å². The Bertz CT molecular complexity index is 1260. The third kappa shape index (κ3) is 5.69.